The van der Waals surface area contributed by atoms with Crippen molar-refractivity contribution in [2.24, 2.45) is 5.41 Å². The first-order valence-corrected chi connectivity index (χ1v) is 6.31. The minimum Gasteiger partial charge on any atom is -0.408 e. The standard InChI is InChI=1S/C14H20N2O3/c1-14(2,9-17)8-16(3)7-10-4-5-11-12(6-10)19-13(18)15-11/h4-6,17H,7-9H2,1-3H3,(H,15,18). The van der Waals surface area contributed by atoms with Crippen LogP contribution in [0.2, 0.25) is 0 Å². The number of hydrogen-bond acceptors (Lipinski definition) is 4. The Morgan fingerprint density at radius 2 is 2.16 bits per heavy atom. The second-order valence-corrected chi connectivity index (χ2v) is 5.84. The largest absolute Gasteiger partial charge is 0.417 e. The fourth-order valence-corrected chi connectivity index (χ4v) is 2.24. The molecule has 0 fully saturated rings. The number of rotatable bonds is 5. The molecule has 0 amide bonds. The van der Waals surface area contributed by atoms with Crippen molar-refractivity contribution in [3.8, 4) is 0 Å². The first-order valence-electron chi connectivity index (χ1n) is 6.31. The molecule has 5 heteroatoms. The van der Waals surface area contributed by atoms with Gasteiger partial charge in [-0.1, -0.05) is 19.9 Å². The van der Waals surface area contributed by atoms with Gasteiger partial charge in [0.1, 0.15) is 0 Å². The molecule has 104 valence electrons. The van der Waals surface area contributed by atoms with E-state index in [9.17, 15) is 9.90 Å². The van der Waals surface area contributed by atoms with E-state index in [2.05, 4.69) is 9.88 Å². The Morgan fingerprint density at radius 3 is 2.84 bits per heavy atom. The number of aromatic nitrogens is 1. The number of H-pyrrole nitrogens is 1. The fraction of sp³-hybridized carbons (Fsp3) is 0.500. The van der Waals surface area contributed by atoms with E-state index in [1.165, 1.54) is 0 Å². The summed E-state index contributed by atoms with van der Waals surface area (Å²) in [6.07, 6.45) is 0. The second kappa shape index (κ2) is 5.19. The van der Waals surface area contributed by atoms with Gasteiger partial charge >= 0.3 is 5.76 Å². The normalized spacial score (nSPS) is 12.5. The van der Waals surface area contributed by atoms with Crippen LogP contribution in [0, 0.1) is 5.41 Å². The van der Waals surface area contributed by atoms with Gasteiger partial charge in [0.2, 0.25) is 0 Å². The van der Waals surface area contributed by atoms with E-state index in [0.29, 0.717) is 11.1 Å². The number of aliphatic hydroxyl groups excluding tert-OH is 1. The molecule has 0 unspecified atom stereocenters. The fourth-order valence-electron chi connectivity index (χ4n) is 2.24. The van der Waals surface area contributed by atoms with E-state index in [4.69, 9.17) is 4.42 Å². The third-order valence-electron chi connectivity index (χ3n) is 3.06. The summed E-state index contributed by atoms with van der Waals surface area (Å²) < 4.78 is 5.04. The first-order chi connectivity index (χ1) is 8.89. The smallest absolute Gasteiger partial charge is 0.408 e. The highest BCUT2D eigenvalue weighted by molar-refractivity contribution is 5.72. The minimum atomic E-state index is -0.429. The molecule has 19 heavy (non-hydrogen) atoms. The molecule has 0 atom stereocenters. The molecule has 1 aromatic heterocycles. The predicted molar refractivity (Wildman–Crippen MR) is 74.0 cm³/mol. The van der Waals surface area contributed by atoms with Crippen LogP contribution < -0.4 is 5.76 Å². The Hall–Kier alpha value is -1.59. The lowest BCUT2D eigenvalue weighted by Gasteiger charge is -2.28. The van der Waals surface area contributed by atoms with E-state index in [1.54, 1.807) is 0 Å². The lowest BCUT2D eigenvalue weighted by molar-refractivity contribution is 0.112. The van der Waals surface area contributed by atoms with Crippen LogP contribution in [0.4, 0.5) is 0 Å². The van der Waals surface area contributed by atoms with E-state index in [1.807, 2.05) is 39.1 Å². The van der Waals surface area contributed by atoms with Gasteiger partial charge in [-0.15, -0.1) is 0 Å². The van der Waals surface area contributed by atoms with Crippen molar-refractivity contribution in [3.05, 3.63) is 34.3 Å². The van der Waals surface area contributed by atoms with Crippen molar-refractivity contribution in [2.75, 3.05) is 20.2 Å². The number of nitrogens with zero attached hydrogens (tertiary/aromatic N) is 1. The van der Waals surface area contributed by atoms with Crippen LogP contribution in [-0.4, -0.2) is 35.2 Å². The molecule has 1 heterocycles. The topological polar surface area (TPSA) is 69.5 Å². The molecule has 0 saturated heterocycles. The second-order valence-electron chi connectivity index (χ2n) is 5.84. The van der Waals surface area contributed by atoms with Crippen LogP contribution in [-0.2, 0) is 6.54 Å². The van der Waals surface area contributed by atoms with Crippen molar-refractivity contribution < 1.29 is 9.52 Å². The first kappa shape index (κ1) is 13.8. The summed E-state index contributed by atoms with van der Waals surface area (Å²) in [5, 5.41) is 9.27. The Kier molecular flexibility index (Phi) is 3.78. The third-order valence-corrected chi connectivity index (χ3v) is 3.06. The number of aliphatic hydroxyl groups is 1. The summed E-state index contributed by atoms with van der Waals surface area (Å²) in [5.74, 6) is -0.429. The molecule has 0 aliphatic heterocycles. The van der Waals surface area contributed by atoms with Gasteiger partial charge in [-0.25, -0.2) is 4.79 Å². The molecule has 2 aromatic rings. The van der Waals surface area contributed by atoms with E-state index in [-0.39, 0.29) is 12.0 Å². The van der Waals surface area contributed by atoms with Gasteiger partial charge in [0, 0.05) is 25.1 Å². The number of nitrogens with one attached hydrogen (secondary N) is 1. The molecular formula is C14H20N2O3. The maximum Gasteiger partial charge on any atom is 0.417 e. The van der Waals surface area contributed by atoms with Crippen molar-refractivity contribution in [2.45, 2.75) is 20.4 Å². The SMILES string of the molecule is CN(Cc1ccc2[nH]c(=O)oc2c1)CC(C)(C)CO. The highest BCUT2D eigenvalue weighted by Gasteiger charge is 2.19. The van der Waals surface area contributed by atoms with E-state index in [0.717, 1.165) is 18.7 Å². The molecule has 0 bridgehead atoms. The number of benzene rings is 1. The van der Waals surface area contributed by atoms with Crippen LogP contribution >= 0.6 is 0 Å². The Bertz CT molecular complexity index is 612. The van der Waals surface area contributed by atoms with Crippen molar-refractivity contribution in [3.63, 3.8) is 0 Å². The van der Waals surface area contributed by atoms with Gasteiger partial charge in [-0.05, 0) is 24.7 Å². The number of oxazole rings is 1. The summed E-state index contributed by atoms with van der Waals surface area (Å²) >= 11 is 0. The van der Waals surface area contributed by atoms with Crippen LogP contribution in [0.25, 0.3) is 11.1 Å². The van der Waals surface area contributed by atoms with E-state index < -0.39 is 5.76 Å². The molecule has 0 saturated carbocycles. The minimum absolute atomic E-state index is 0.125. The molecule has 1 aromatic carbocycles. The maximum absolute atomic E-state index is 11.1. The summed E-state index contributed by atoms with van der Waals surface area (Å²) in [6.45, 7) is 5.74. The summed E-state index contributed by atoms with van der Waals surface area (Å²) in [4.78, 5) is 15.8. The van der Waals surface area contributed by atoms with Crippen molar-refractivity contribution in [1.82, 2.24) is 9.88 Å². The molecule has 0 radical (unpaired) electrons. The van der Waals surface area contributed by atoms with Gasteiger partial charge in [-0.2, -0.15) is 0 Å². The quantitative estimate of drug-likeness (QED) is 0.860. The maximum atomic E-state index is 11.1. The van der Waals surface area contributed by atoms with Gasteiger partial charge in [0.05, 0.1) is 5.52 Å². The van der Waals surface area contributed by atoms with Crippen molar-refractivity contribution in [1.29, 1.82) is 0 Å². The number of hydrogen-bond donors (Lipinski definition) is 2. The molecule has 5 nitrogen and oxygen atoms in total. The zero-order valence-corrected chi connectivity index (χ0v) is 11.6. The molecule has 2 rings (SSSR count). The van der Waals surface area contributed by atoms with Gasteiger partial charge < -0.3 is 14.4 Å². The summed E-state index contributed by atoms with van der Waals surface area (Å²) in [6, 6.07) is 5.69. The highest BCUT2D eigenvalue weighted by atomic mass is 16.4. The van der Waals surface area contributed by atoms with Crippen LogP contribution in [0.15, 0.2) is 27.4 Å². The third kappa shape index (κ3) is 3.45. The monoisotopic (exact) mass is 264 g/mol. The molecule has 2 N–H and O–H groups in total. The molecular weight excluding hydrogens is 244 g/mol. The van der Waals surface area contributed by atoms with Crippen molar-refractivity contribution >= 4 is 11.1 Å². The van der Waals surface area contributed by atoms with Gasteiger partial charge in [-0.3, -0.25) is 4.98 Å². The number of fused-ring (bicyclic) bond motifs is 1. The zero-order chi connectivity index (χ0) is 14.0. The zero-order valence-electron chi connectivity index (χ0n) is 11.6. The van der Waals surface area contributed by atoms with Crippen LogP contribution in [0.3, 0.4) is 0 Å². The Morgan fingerprint density at radius 1 is 1.42 bits per heavy atom. The molecule has 0 spiro atoms. The lowest BCUT2D eigenvalue weighted by atomic mass is 9.94. The molecule has 0 aliphatic carbocycles. The van der Waals surface area contributed by atoms with Crippen LogP contribution in [0.1, 0.15) is 19.4 Å². The number of aromatic amines is 1. The highest BCUT2D eigenvalue weighted by Crippen LogP contribution is 2.18. The average molecular weight is 264 g/mol. The summed E-state index contributed by atoms with van der Waals surface area (Å²) in [7, 11) is 2.01. The summed E-state index contributed by atoms with van der Waals surface area (Å²) in [5.41, 5.74) is 2.25. The molecule has 0 aliphatic rings. The van der Waals surface area contributed by atoms with Gasteiger partial charge in [0.25, 0.3) is 0 Å². The van der Waals surface area contributed by atoms with E-state index >= 15 is 0 Å². The Balaban J connectivity index is 2.10. The Labute approximate surface area is 111 Å². The average Bonchev–Trinajstić information content (AvgIpc) is 2.67. The van der Waals surface area contributed by atoms with Gasteiger partial charge in [0.15, 0.2) is 5.58 Å². The van der Waals surface area contributed by atoms with Crippen LogP contribution in [0.5, 0.6) is 0 Å². The lowest BCUT2D eigenvalue weighted by Crippen LogP contribution is -2.33. The predicted octanol–water partition coefficient (Wildman–Crippen LogP) is 1.57.